The second-order valence-corrected chi connectivity index (χ2v) is 5.27. The fraction of sp³-hybridized carbons (Fsp3) is 0. The molecule has 2 heterocycles. The van der Waals surface area contributed by atoms with Gasteiger partial charge in [0.25, 0.3) is 10.1 Å². The SMILES string of the molecule is O=N[n+]1ccccc1SSc1cccc[n+]1N=O. The molecule has 0 fully saturated rings. The normalized spacial score (nSPS) is 10.0. The second kappa shape index (κ2) is 6.22. The van der Waals surface area contributed by atoms with Crippen LogP contribution in [0.25, 0.3) is 0 Å². The number of pyridine rings is 2. The summed E-state index contributed by atoms with van der Waals surface area (Å²) < 4.78 is 2.44. The minimum atomic E-state index is 0.666. The van der Waals surface area contributed by atoms with Crippen LogP contribution in [-0.4, -0.2) is 0 Å². The summed E-state index contributed by atoms with van der Waals surface area (Å²) in [6.07, 6.45) is 3.12. The van der Waals surface area contributed by atoms with Crippen molar-refractivity contribution < 1.29 is 9.35 Å². The van der Waals surface area contributed by atoms with Crippen LogP contribution >= 0.6 is 21.6 Å². The second-order valence-electron chi connectivity index (χ2n) is 3.10. The van der Waals surface area contributed by atoms with Crippen LogP contribution in [0.5, 0.6) is 0 Å². The quantitative estimate of drug-likeness (QED) is 0.478. The predicted molar refractivity (Wildman–Crippen MR) is 67.4 cm³/mol. The first-order valence-corrected chi connectivity index (χ1v) is 7.03. The maximum Gasteiger partial charge on any atom is 0.286 e. The molecule has 0 atom stereocenters. The van der Waals surface area contributed by atoms with E-state index in [1.54, 1.807) is 36.7 Å². The van der Waals surface area contributed by atoms with E-state index in [1.807, 2.05) is 12.1 Å². The van der Waals surface area contributed by atoms with Gasteiger partial charge in [-0.1, -0.05) is 9.81 Å². The molecule has 0 radical (unpaired) electrons. The van der Waals surface area contributed by atoms with Gasteiger partial charge in [0.2, 0.25) is 23.0 Å². The average molecular weight is 280 g/mol. The Morgan fingerprint density at radius 3 is 1.61 bits per heavy atom. The van der Waals surface area contributed by atoms with Gasteiger partial charge in [-0.15, -0.1) is 0 Å². The maximum atomic E-state index is 10.6. The molecule has 2 rings (SSSR count). The summed E-state index contributed by atoms with van der Waals surface area (Å²) in [4.78, 5) is 21.2. The van der Waals surface area contributed by atoms with Crippen molar-refractivity contribution in [1.29, 1.82) is 0 Å². The van der Waals surface area contributed by atoms with Crippen molar-refractivity contribution in [2.24, 2.45) is 10.6 Å². The van der Waals surface area contributed by atoms with Crippen molar-refractivity contribution in [3.8, 4) is 0 Å². The molecule has 0 saturated heterocycles. The Hall–Kier alpha value is -1.80. The third-order valence-corrected chi connectivity index (χ3v) is 4.34. The van der Waals surface area contributed by atoms with Crippen molar-refractivity contribution in [2.75, 3.05) is 0 Å². The van der Waals surface area contributed by atoms with E-state index in [0.29, 0.717) is 10.1 Å². The zero-order valence-corrected chi connectivity index (χ0v) is 10.7. The molecule has 0 unspecified atom stereocenters. The summed E-state index contributed by atoms with van der Waals surface area (Å²) in [5.41, 5.74) is 0. The smallest absolute Gasteiger partial charge is 0.0799 e. The fourth-order valence-electron chi connectivity index (χ4n) is 1.19. The van der Waals surface area contributed by atoms with Gasteiger partial charge in [-0.3, -0.25) is 0 Å². The van der Waals surface area contributed by atoms with E-state index in [2.05, 4.69) is 10.6 Å². The lowest BCUT2D eigenvalue weighted by Gasteiger charge is -1.93. The van der Waals surface area contributed by atoms with E-state index >= 15 is 0 Å². The Kier molecular flexibility index (Phi) is 4.37. The van der Waals surface area contributed by atoms with Crippen LogP contribution in [0.1, 0.15) is 0 Å². The Balaban J connectivity index is 2.16. The summed E-state index contributed by atoms with van der Waals surface area (Å²) in [5.74, 6) is 0. The Morgan fingerprint density at radius 1 is 0.778 bits per heavy atom. The molecular formula is C10H8N4O2S2+2. The molecule has 6 nitrogen and oxygen atoms in total. The monoisotopic (exact) mass is 280 g/mol. The first-order valence-electron chi connectivity index (χ1n) is 4.88. The van der Waals surface area contributed by atoms with Gasteiger partial charge in [-0.2, -0.15) is 0 Å². The third kappa shape index (κ3) is 2.90. The highest BCUT2D eigenvalue weighted by Gasteiger charge is 2.17. The van der Waals surface area contributed by atoms with E-state index in [4.69, 9.17) is 0 Å². The van der Waals surface area contributed by atoms with Crippen LogP contribution in [0.15, 0.2) is 69.4 Å². The molecule has 18 heavy (non-hydrogen) atoms. The van der Waals surface area contributed by atoms with Crippen molar-refractivity contribution in [3.05, 3.63) is 58.6 Å². The standard InChI is InChI=1S/C10H8N4O2S2/c15-11-13-7-3-1-5-9(13)17-18-10-6-2-4-8-14(10)12-16/h1-8H/q+2. The highest BCUT2D eigenvalue weighted by atomic mass is 33.1. The van der Waals surface area contributed by atoms with E-state index < -0.39 is 0 Å². The van der Waals surface area contributed by atoms with Crippen molar-refractivity contribution in [1.82, 2.24) is 0 Å². The highest BCUT2D eigenvalue weighted by Crippen LogP contribution is 2.33. The zero-order valence-electron chi connectivity index (χ0n) is 9.04. The van der Waals surface area contributed by atoms with Crippen LogP contribution in [-0.2, 0) is 0 Å². The van der Waals surface area contributed by atoms with Crippen molar-refractivity contribution >= 4 is 21.6 Å². The van der Waals surface area contributed by atoms with Gasteiger partial charge in [-0.25, -0.2) is 0 Å². The minimum Gasteiger partial charge on any atom is -0.0799 e. The van der Waals surface area contributed by atoms with Gasteiger partial charge in [0.05, 0.1) is 0 Å². The summed E-state index contributed by atoms with van der Waals surface area (Å²) in [7, 11) is 2.64. The highest BCUT2D eigenvalue weighted by molar-refractivity contribution is 8.76. The molecule has 8 heteroatoms. The molecule has 0 amide bonds. The van der Waals surface area contributed by atoms with Crippen LogP contribution in [0.2, 0.25) is 0 Å². The van der Waals surface area contributed by atoms with Crippen LogP contribution < -0.4 is 9.35 Å². The number of nitrogens with zero attached hydrogens (tertiary/aromatic N) is 4. The van der Waals surface area contributed by atoms with Gasteiger partial charge in [-0.05, 0) is 21.5 Å². The van der Waals surface area contributed by atoms with Gasteiger partial charge in [0.1, 0.15) is 0 Å². The first-order chi connectivity index (χ1) is 8.85. The van der Waals surface area contributed by atoms with Gasteiger partial charge in [0, 0.05) is 45.9 Å². The Labute approximate surface area is 110 Å². The van der Waals surface area contributed by atoms with Gasteiger partial charge in [0.15, 0.2) is 0 Å². The van der Waals surface area contributed by atoms with Crippen molar-refractivity contribution in [3.63, 3.8) is 0 Å². The number of hydrogen-bond donors (Lipinski definition) is 0. The molecule has 0 aliphatic carbocycles. The molecule has 0 aliphatic rings. The molecule has 0 aliphatic heterocycles. The molecule has 0 N–H and O–H groups in total. The molecular weight excluding hydrogens is 272 g/mol. The lowest BCUT2D eigenvalue weighted by Crippen LogP contribution is -2.29. The minimum absolute atomic E-state index is 0.666. The van der Waals surface area contributed by atoms with Crippen molar-refractivity contribution in [2.45, 2.75) is 10.1 Å². The fourth-order valence-corrected chi connectivity index (χ4v) is 3.27. The maximum absolute atomic E-state index is 10.6. The predicted octanol–water partition coefficient (Wildman–Crippen LogP) is 2.12. The van der Waals surface area contributed by atoms with E-state index in [0.717, 1.165) is 0 Å². The summed E-state index contributed by atoms with van der Waals surface area (Å²) in [5, 5.41) is 7.06. The molecule has 0 aromatic carbocycles. The van der Waals surface area contributed by atoms with Crippen LogP contribution in [0.3, 0.4) is 0 Å². The Bertz CT molecular complexity index is 528. The average Bonchev–Trinajstić information content (AvgIpc) is 2.45. The molecule has 0 saturated carbocycles. The molecule has 2 aromatic rings. The summed E-state index contributed by atoms with van der Waals surface area (Å²) >= 11 is 0. The lowest BCUT2D eigenvalue weighted by molar-refractivity contribution is -0.718. The van der Waals surface area contributed by atoms with E-state index in [-0.39, 0.29) is 0 Å². The van der Waals surface area contributed by atoms with E-state index in [1.165, 1.54) is 30.9 Å². The van der Waals surface area contributed by atoms with Crippen LogP contribution in [0, 0.1) is 9.81 Å². The van der Waals surface area contributed by atoms with Crippen LogP contribution in [0.4, 0.5) is 0 Å². The third-order valence-electron chi connectivity index (χ3n) is 1.99. The topological polar surface area (TPSA) is 66.6 Å². The molecule has 0 bridgehead atoms. The molecule has 2 aromatic heterocycles. The molecule has 90 valence electrons. The first kappa shape index (κ1) is 12.7. The zero-order chi connectivity index (χ0) is 12.8. The molecule has 0 spiro atoms. The largest absolute Gasteiger partial charge is 0.286 e. The number of nitroso groups, excluding NO2 is 2. The van der Waals surface area contributed by atoms with Gasteiger partial charge < -0.3 is 0 Å². The summed E-state index contributed by atoms with van der Waals surface area (Å²) in [6, 6.07) is 10.6. The Morgan fingerprint density at radius 2 is 1.22 bits per heavy atom. The van der Waals surface area contributed by atoms with E-state index in [9.17, 15) is 9.81 Å². The lowest BCUT2D eigenvalue weighted by atomic mass is 10.5. The number of aromatic nitrogens is 2. The number of hydrogen-bond acceptors (Lipinski definition) is 6. The number of rotatable bonds is 5. The van der Waals surface area contributed by atoms with Gasteiger partial charge >= 0.3 is 0 Å². The summed E-state index contributed by atoms with van der Waals surface area (Å²) in [6.45, 7) is 0.